The maximum atomic E-state index is 11.1. The molecule has 13 nitrogen and oxygen atoms in total. The third kappa shape index (κ3) is 6.96. The Balaban J connectivity index is 0.000000547. The first-order valence-electron chi connectivity index (χ1n) is 6.35. The molecule has 1 aromatic carbocycles. The molecule has 0 aliphatic carbocycles. The van der Waals surface area contributed by atoms with Gasteiger partial charge in [-0.25, -0.2) is 4.79 Å². The van der Waals surface area contributed by atoms with Gasteiger partial charge in [0.1, 0.15) is 0 Å². The molecule has 1 atom stereocenters. The van der Waals surface area contributed by atoms with Gasteiger partial charge in [-0.05, 0) is 12.0 Å². The summed E-state index contributed by atoms with van der Waals surface area (Å²) in [6.45, 7) is 0. The molecular weight excluding hydrogens is 364 g/mol. The average molecular weight is 378 g/mol. The van der Waals surface area contributed by atoms with Crippen molar-refractivity contribution in [2.24, 2.45) is 0 Å². The maximum absolute atomic E-state index is 11.1. The molecule has 0 radical (unpaired) electrons. The van der Waals surface area contributed by atoms with E-state index in [1.54, 1.807) is 11.8 Å². The van der Waals surface area contributed by atoms with Crippen LogP contribution in [0, 0.1) is 30.3 Å². The SMILES string of the molecule is CSCC[C@H]([NH3+])C(=O)O.O=[N+]([O-])c1cc([N+](=O)[O-])c([O-])c([N+](=O)[O-])c1. The van der Waals surface area contributed by atoms with Crippen LogP contribution in [0.5, 0.6) is 5.75 Å². The number of carboxylic acids is 1. The van der Waals surface area contributed by atoms with Crippen LogP contribution >= 0.6 is 11.8 Å². The third-order valence-corrected chi connectivity index (χ3v) is 3.30. The summed E-state index contributed by atoms with van der Waals surface area (Å²) in [6.07, 6.45) is 2.62. The number of nitro benzene ring substituents is 3. The van der Waals surface area contributed by atoms with E-state index in [0.717, 1.165) is 5.75 Å². The fourth-order valence-electron chi connectivity index (χ4n) is 1.34. The molecule has 0 unspecified atom stereocenters. The second kappa shape index (κ2) is 9.99. The van der Waals surface area contributed by atoms with Gasteiger partial charge in [0.2, 0.25) is 0 Å². The van der Waals surface area contributed by atoms with Crippen molar-refractivity contribution in [3.8, 4) is 5.75 Å². The molecule has 0 fully saturated rings. The van der Waals surface area contributed by atoms with E-state index in [0.29, 0.717) is 18.6 Å². The summed E-state index contributed by atoms with van der Waals surface area (Å²) in [4.78, 5) is 37.6. The minimum Gasteiger partial charge on any atom is -0.863 e. The molecule has 138 valence electrons. The van der Waals surface area contributed by atoms with Crippen LogP contribution in [0.4, 0.5) is 17.1 Å². The standard InChI is InChI=1S/C6H3N3O7.C5H11NO2S/c10-6-4(8(13)14)1-3(7(11)12)2-5(6)9(15)16;1-9-3-2-4(6)5(7)8/h1-2,10H;4H,2-3,6H2,1H3,(H,7,8)/t;4-/m.0/s1. The van der Waals surface area contributed by atoms with Crippen LogP contribution in [-0.4, -0.2) is 43.9 Å². The summed E-state index contributed by atoms with van der Waals surface area (Å²) >= 11 is 1.64. The largest absolute Gasteiger partial charge is 0.863 e. The molecule has 25 heavy (non-hydrogen) atoms. The van der Waals surface area contributed by atoms with E-state index in [2.05, 4.69) is 5.73 Å². The lowest BCUT2D eigenvalue weighted by atomic mass is 10.2. The Labute approximate surface area is 143 Å². The monoisotopic (exact) mass is 378 g/mol. The van der Waals surface area contributed by atoms with Crippen molar-refractivity contribution in [3.63, 3.8) is 0 Å². The predicted molar refractivity (Wildman–Crippen MR) is 83.2 cm³/mol. The summed E-state index contributed by atoms with van der Waals surface area (Å²) in [5.41, 5.74) is 0.198. The van der Waals surface area contributed by atoms with Gasteiger partial charge in [-0.2, -0.15) is 11.8 Å². The van der Waals surface area contributed by atoms with Crippen molar-refractivity contribution in [2.45, 2.75) is 12.5 Å². The van der Waals surface area contributed by atoms with Crippen LogP contribution < -0.4 is 10.8 Å². The van der Waals surface area contributed by atoms with Crippen molar-refractivity contribution in [1.82, 2.24) is 0 Å². The van der Waals surface area contributed by atoms with Crippen LogP contribution in [0.1, 0.15) is 6.42 Å². The number of aliphatic carboxylic acids is 1. The fraction of sp³-hybridized carbons (Fsp3) is 0.364. The zero-order valence-electron chi connectivity index (χ0n) is 12.8. The van der Waals surface area contributed by atoms with Crippen LogP contribution in [0.2, 0.25) is 0 Å². The quantitative estimate of drug-likeness (QED) is 0.474. The normalized spacial score (nSPS) is 11.0. The number of carboxylic acid groups (broad SMARTS) is 1. The summed E-state index contributed by atoms with van der Waals surface area (Å²) in [7, 11) is 0. The molecule has 0 saturated carbocycles. The van der Waals surface area contributed by atoms with E-state index < -0.39 is 49.6 Å². The van der Waals surface area contributed by atoms with E-state index >= 15 is 0 Å². The third-order valence-electron chi connectivity index (χ3n) is 2.66. The Kier molecular flexibility index (Phi) is 8.79. The Bertz CT molecular complexity index is 647. The fourth-order valence-corrected chi connectivity index (χ4v) is 1.86. The number of benzene rings is 1. The summed E-state index contributed by atoms with van der Waals surface area (Å²) < 4.78 is 0. The minimum atomic E-state index is -1.46. The highest BCUT2D eigenvalue weighted by molar-refractivity contribution is 7.98. The van der Waals surface area contributed by atoms with Gasteiger partial charge in [-0.1, -0.05) is 0 Å². The van der Waals surface area contributed by atoms with E-state index in [-0.39, 0.29) is 0 Å². The molecule has 0 saturated heterocycles. The smallest absolute Gasteiger partial charge is 0.362 e. The average Bonchev–Trinajstić information content (AvgIpc) is 2.52. The second-order valence-electron chi connectivity index (χ2n) is 4.40. The summed E-state index contributed by atoms with van der Waals surface area (Å²) in [6, 6.07) is 0.336. The number of thioether (sulfide) groups is 1. The van der Waals surface area contributed by atoms with Crippen molar-refractivity contribution >= 4 is 34.8 Å². The number of nitrogens with zero attached hydrogens (tertiary/aromatic N) is 3. The Hall–Kier alpha value is -3.00. The highest BCUT2D eigenvalue weighted by Crippen LogP contribution is 2.36. The zero-order chi connectivity index (χ0) is 19.7. The Morgan fingerprint density at radius 1 is 1.16 bits per heavy atom. The number of rotatable bonds is 7. The Morgan fingerprint density at radius 3 is 1.88 bits per heavy atom. The first-order valence-corrected chi connectivity index (χ1v) is 7.75. The molecule has 4 N–H and O–H groups in total. The van der Waals surface area contributed by atoms with Gasteiger partial charge in [-0.3, -0.25) is 30.3 Å². The lowest BCUT2D eigenvalue weighted by Crippen LogP contribution is -2.65. The molecule has 0 aliphatic heterocycles. The van der Waals surface area contributed by atoms with Crippen LogP contribution in [-0.2, 0) is 4.79 Å². The molecule has 14 heteroatoms. The first-order chi connectivity index (χ1) is 11.5. The van der Waals surface area contributed by atoms with Gasteiger partial charge in [0.05, 0.1) is 32.7 Å². The van der Waals surface area contributed by atoms with E-state index in [4.69, 9.17) is 5.11 Å². The molecule has 0 amide bonds. The molecular formula is C11H14N4O9S. The minimum absolute atomic E-state index is 0.384. The lowest BCUT2D eigenvalue weighted by Gasteiger charge is -2.06. The van der Waals surface area contributed by atoms with E-state index in [9.17, 15) is 40.2 Å². The number of non-ortho nitro benzene ring substituents is 1. The van der Waals surface area contributed by atoms with Crippen molar-refractivity contribution in [2.75, 3.05) is 12.0 Å². The molecule has 1 rings (SSSR count). The van der Waals surface area contributed by atoms with Gasteiger partial charge >= 0.3 is 5.97 Å². The maximum Gasteiger partial charge on any atom is 0.362 e. The second-order valence-corrected chi connectivity index (χ2v) is 5.39. The highest BCUT2D eigenvalue weighted by Gasteiger charge is 2.24. The van der Waals surface area contributed by atoms with Crippen molar-refractivity contribution in [1.29, 1.82) is 0 Å². The predicted octanol–water partition coefficient (Wildman–Crippen LogP) is -0.0806. The molecule has 0 aliphatic rings. The highest BCUT2D eigenvalue weighted by atomic mass is 32.2. The van der Waals surface area contributed by atoms with Gasteiger partial charge in [0.15, 0.2) is 6.04 Å². The summed E-state index contributed by atoms with van der Waals surface area (Å²) in [5.74, 6) is -1.38. The van der Waals surface area contributed by atoms with Crippen molar-refractivity contribution in [3.05, 3.63) is 42.5 Å². The van der Waals surface area contributed by atoms with Gasteiger partial charge < -0.3 is 15.9 Å². The lowest BCUT2D eigenvalue weighted by molar-refractivity contribution is -0.420. The van der Waals surface area contributed by atoms with Gasteiger partial charge in [0, 0.05) is 6.42 Å². The molecule has 0 spiro atoms. The number of hydrogen-bond donors (Lipinski definition) is 2. The van der Waals surface area contributed by atoms with E-state index in [1.807, 2.05) is 6.26 Å². The van der Waals surface area contributed by atoms with Crippen LogP contribution in [0.15, 0.2) is 12.1 Å². The van der Waals surface area contributed by atoms with Crippen molar-refractivity contribution < 1.29 is 35.5 Å². The molecule has 1 aromatic rings. The van der Waals surface area contributed by atoms with Crippen LogP contribution in [0.3, 0.4) is 0 Å². The Morgan fingerprint density at radius 2 is 1.60 bits per heavy atom. The first kappa shape index (κ1) is 22.0. The molecule has 0 bridgehead atoms. The number of hydrogen-bond acceptors (Lipinski definition) is 9. The topological polar surface area (TPSA) is 217 Å². The van der Waals surface area contributed by atoms with Gasteiger partial charge in [0.25, 0.3) is 17.1 Å². The van der Waals surface area contributed by atoms with E-state index in [1.165, 1.54) is 0 Å². The molecule has 0 aromatic heterocycles. The number of quaternary nitrogens is 1. The summed E-state index contributed by atoms with van der Waals surface area (Å²) in [5, 5.41) is 50.4. The number of nitro groups is 3. The zero-order valence-corrected chi connectivity index (χ0v) is 13.6. The molecule has 0 heterocycles. The number of carbonyl (C=O) groups is 1. The van der Waals surface area contributed by atoms with Gasteiger partial charge in [-0.15, -0.1) is 0 Å². The van der Waals surface area contributed by atoms with Crippen LogP contribution in [0.25, 0.3) is 0 Å².